The van der Waals surface area contributed by atoms with Crippen LogP contribution in [0.5, 0.6) is 0 Å². The van der Waals surface area contributed by atoms with Crippen LogP contribution in [0.4, 0.5) is 0 Å². The van der Waals surface area contributed by atoms with Gasteiger partial charge in [-0.2, -0.15) is 0 Å². The maximum absolute atomic E-state index is 11.0. The number of carboxylic acids is 1. The Labute approximate surface area is 92.8 Å². The number of rotatable bonds is 7. The van der Waals surface area contributed by atoms with E-state index < -0.39 is 24.0 Å². The van der Waals surface area contributed by atoms with E-state index in [4.69, 9.17) is 9.84 Å². The van der Waals surface area contributed by atoms with Crippen LogP contribution < -0.4 is 0 Å². The summed E-state index contributed by atoms with van der Waals surface area (Å²) in [4.78, 5) is 31.8. The number of carboxylic acid groups (broad SMARTS) is 1. The van der Waals surface area contributed by atoms with Gasteiger partial charge in [-0.1, -0.05) is 6.58 Å². The minimum atomic E-state index is -1.07. The first-order valence-corrected chi connectivity index (χ1v) is 4.66. The van der Waals surface area contributed by atoms with E-state index in [1.54, 1.807) is 0 Å². The van der Waals surface area contributed by atoms with Gasteiger partial charge in [-0.3, -0.25) is 9.59 Å². The van der Waals surface area contributed by atoms with E-state index in [1.165, 1.54) is 6.92 Å². The lowest BCUT2D eigenvalue weighted by molar-refractivity contribution is -0.157. The molecule has 0 aromatic heterocycles. The number of esters is 2. The molecule has 90 valence electrons. The minimum absolute atomic E-state index is 0.0797. The third-order valence-corrected chi connectivity index (χ3v) is 1.50. The van der Waals surface area contributed by atoms with E-state index in [1.807, 2.05) is 0 Å². The summed E-state index contributed by atoms with van der Waals surface area (Å²) >= 11 is 0. The molecule has 1 atom stereocenters. The molecule has 0 saturated heterocycles. The first-order chi connectivity index (χ1) is 7.45. The first kappa shape index (κ1) is 14.2. The van der Waals surface area contributed by atoms with E-state index in [0.29, 0.717) is 0 Å². The average Bonchev–Trinajstić information content (AvgIpc) is 2.23. The zero-order valence-electron chi connectivity index (χ0n) is 8.97. The van der Waals surface area contributed by atoms with Crippen molar-refractivity contribution in [3.63, 3.8) is 0 Å². The van der Waals surface area contributed by atoms with Crippen LogP contribution in [0.25, 0.3) is 0 Å². The molecule has 0 rings (SSSR count). The number of aliphatic carboxylic acids is 1. The van der Waals surface area contributed by atoms with E-state index in [9.17, 15) is 14.4 Å². The van der Waals surface area contributed by atoms with Crippen molar-refractivity contribution in [2.75, 3.05) is 6.61 Å². The molecule has 0 aliphatic carbocycles. The molecule has 16 heavy (non-hydrogen) atoms. The highest BCUT2D eigenvalue weighted by molar-refractivity contribution is 5.81. The second-order valence-electron chi connectivity index (χ2n) is 3.03. The number of carbonyl (C=O) groups excluding carboxylic acids is 2. The average molecular weight is 230 g/mol. The summed E-state index contributed by atoms with van der Waals surface area (Å²) in [6, 6.07) is 0. The number of ether oxygens (including phenoxy) is 2. The fourth-order valence-electron chi connectivity index (χ4n) is 0.785. The van der Waals surface area contributed by atoms with Crippen LogP contribution in [0, 0.1) is 0 Å². The highest BCUT2D eigenvalue weighted by atomic mass is 16.6. The molecular weight excluding hydrogens is 216 g/mol. The monoisotopic (exact) mass is 230 g/mol. The smallest absolute Gasteiger partial charge is 0.330 e. The van der Waals surface area contributed by atoms with E-state index in [0.717, 1.165) is 6.08 Å². The lowest BCUT2D eigenvalue weighted by Crippen LogP contribution is -2.22. The highest BCUT2D eigenvalue weighted by Crippen LogP contribution is 1.99. The van der Waals surface area contributed by atoms with Crippen molar-refractivity contribution in [2.45, 2.75) is 25.9 Å². The summed E-state index contributed by atoms with van der Waals surface area (Å²) in [5.41, 5.74) is 0. The van der Waals surface area contributed by atoms with E-state index in [2.05, 4.69) is 11.3 Å². The summed E-state index contributed by atoms with van der Waals surface area (Å²) in [6.45, 7) is 4.66. The molecular formula is C10H14O6. The Morgan fingerprint density at radius 1 is 1.38 bits per heavy atom. The van der Waals surface area contributed by atoms with Crippen LogP contribution in [0.3, 0.4) is 0 Å². The quantitative estimate of drug-likeness (QED) is 0.506. The molecule has 1 unspecified atom stereocenters. The van der Waals surface area contributed by atoms with Crippen LogP contribution in [0.1, 0.15) is 19.8 Å². The van der Waals surface area contributed by atoms with E-state index >= 15 is 0 Å². The fraction of sp³-hybridized carbons (Fsp3) is 0.500. The molecule has 0 saturated carbocycles. The van der Waals surface area contributed by atoms with Gasteiger partial charge < -0.3 is 14.6 Å². The Morgan fingerprint density at radius 3 is 2.50 bits per heavy atom. The zero-order valence-corrected chi connectivity index (χ0v) is 8.97. The standard InChI is InChI=1S/C10H14O6/c1-3-9(13)15-6-7(2)16-10(14)5-4-8(11)12/h3,7H,1,4-6H2,2H3,(H,11,12). The molecule has 6 heteroatoms. The van der Waals surface area contributed by atoms with Gasteiger partial charge in [0.1, 0.15) is 12.7 Å². The molecule has 0 spiro atoms. The summed E-state index contributed by atoms with van der Waals surface area (Å²) < 4.78 is 9.41. The van der Waals surface area contributed by atoms with Gasteiger partial charge in [-0.25, -0.2) is 4.79 Å². The Kier molecular flexibility index (Phi) is 6.58. The molecule has 0 aromatic rings. The molecule has 0 heterocycles. The van der Waals surface area contributed by atoms with Gasteiger partial charge in [-0.15, -0.1) is 0 Å². The van der Waals surface area contributed by atoms with Crippen LogP contribution in [0.2, 0.25) is 0 Å². The maximum atomic E-state index is 11.0. The van der Waals surface area contributed by atoms with Crippen LogP contribution in [0.15, 0.2) is 12.7 Å². The number of hydrogen-bond donors (Lipinski definition) is 1. The predicted octanol–water partition coefficient (Wildman–Crippen LogP) is 0.512. The minimum Gasteiger partial charge on any atom is -0.481 e. The Morgan fingerprint density at radius 2 is 2.00 bits per heavy atom. The van der Waals surface area contributed by atoms with Gasteiger partial charge in [0.05, 0.1) is 12.8 Å². The Hall–Kier alpha value is -1.85. The predicted molar refractivity (Wildman–Crippen MR) is 53.6 cm³/mol. The van der Waals surface area contributed by atoms with E-state index in [-0.39, 0.29) is 19.4 Å². The van der Waals surface area contributed by atoms with Gasteiger partial charge >= 0.3 is 17.9 Å². The summed E-state index contributed by atoms with van der Waals surface area (Å²) in [5, 5.41) is 8.32. The molecule has 0 aliphatic heterocycles. The van der Waals surface area contributed by atoms with Gasteiger partial charge in [0.25, 0.3) is 0 Å². The normalized spacial score (nSPS) is 11.3. The molecule has 0 amide bonds. The third-order valence-electron chi connectivity index (χ3n) is 1.50. The van der Waals surface area contributed by atoms with Crippen molar-refractivity contribution in [1.82, 2.24) is 0 Å². The van der Waals surface area contributed by atoms with Gasteiger partial charge in [0, 0.05) is 6.08 Å². The lowest BCUT2D eigenvalue weighted by Gasteiger charge is -2.12. The molecule has 0 aromatic carbocycles. The summed E-state index contributed by atoms with van der Waals surface area (Å²) in [5.74, 6) is -2.30. The van der Waals surface area contributed by atoms with Gasteiger partial charge in [-0.05, 0) is 6.92 Å². The molecule has 6 nitrogen and oxygen atoms in total. The highest BCUT2D eigenvalue weighted by Gasteiger charge is 2.12. The summed E-state index contributed by atoms with van der Waals surface area (Å²) in [6.07, 6.45) is -0.0864. The SMILES string of the molecule is C=CC(=O)OCC(C)OC(=O)CCC(=O)O. The zero-order chi connectivity index (χ0) is 12.6. The lowest BCUT2D eigenvalue weighted by atomic mass is 10.3. The first-order valence-electron chi connectivity index (χ1n) is 4.66. The van der Waals surface area contributed by atoms with Crippen molar-refractivity contribution in [2.24, 2.45) is 0 Å². The second-order valence-corrected chi connectivity index (χ2v) is 3.03. The Bertz CT molecular complexity index is 283. The number of hydrogen-bond acceptors (Lipinski definition) is 5. The molecule has 0 bridgehead atoms. The van der Waals surface area contributed by atoms with Crippen LogP contribution in [-0.4, -0.2) is 35.7 Å². The van der Waals surface area contributed by atoms with Crippen molar-refractivity contribution < 1.29 is 29.0 Å². The fourth-order valence-corrected chi connectivity index (χ4v) is 0.785. The van der Waals surface area contributed by atoms with Crippen molar-refractivity contribution in [3.8, 4) is 0 Å². The van der Waals surface area contributed by atoms with Crippen molar-refractivity contribution >= 4 is 17.9 Å². The largest absolute Gasteiger partial charge is 0.481 e. The molecule has 0 aliphatic rings. The maximum Gasteiger partial charge on any atom is 0.330 e. The number of carbonyl (C=O) groups is 3. The Balaban J connectivity index is 3.73. The van der Waals surface area contributed by atoms with Crippen molar-refractivity contribution in [3.05, 3.63) is 12.7 Å². The second kappa shape index (κ2) is 7.44. The van der Waals surface area contributed by atoms with Crippen LogP contribution in [-0.2, 0) is 23.9 Å². The molecule has 0 radical (unpaired) electrons. The van der Waals surface area contributed by atoms with Crippen molar-refractivity contribution in [1.29, 1.82) is 0 Å². The summed E-state index contributed by atoms with van der Waals surface area (Å²) in [7, 11) is 0. The van der Waals surface area contributed by atoms with Gasteiger partial charge in [0.2, 0.25) is 0 Å². The molecule has 1 N–H and O–H groups in total. The third kappa shape index (κ3) is 7.54. The topological polar surface area (TPSA) is 89.9 Å². The molecule has 0 fully saturated rings. The van der Waals surface area contributed by atoms with Crippen LogP contribution >= 0.6 is 0 Å². The van der Waals surface area contributed by atoms with Gasteiger partial charge in [0.15, 0.2) is 0 Å².